The Labute approximate surface area is 351 Å². The highest BCUT2D eigenvalue weighted by Gasteiger charge is 2.30. The normalized spacial score (nSPS) is 12.8. The molecule has 0 heterocycles. The van der Waals surface area contributed by atoms with Gasteiger partial charge in [-0.3, -0.25) is 29.0 Å². The average Bonchev–Trinajstić information content (AvgIpc) is 3.25. The predicted molar refractivity (Wildman–Crippen MR) is 234 cm³/mol. The minimum absolute atomic E-state index is 0.0951. The van der Waals surface area contributed by atoms with Gasteiger partial charge in [0, 0.05) is 25.1 Å². The molecule has 0 aliphatic carbocycles. The quantitative estimate of drug-likeness (QED) is 0.0282. The van der Waals surface area contributed by atoms with Crippen LogP contribution in [-0.4, -0.2) is 79.3 Å². The molecule has 0 radical (unpaired) electrons. The molecule has 0 saturated heterocycles. The Morgan fingerprint density at radius 2 is 1.12 bits per heavy atom. The molecular formula is C45H58N10O5. The van der Waals surface area contributed by atoms with Crippen molar-refractivity contribution in [1.82, 2.24) is 21.3 Å². The Morgan fingerprint density at radius 3 is 1.75 bits per heavy atom. The van der Waals surface area contributed by atoms with Gasteiger partial charge in [0.1, 0.15) is 18.1 Å². The van der Waals surface area contributed by atoms with Crippen LogP contribution < -0.4 is 49.9 Å². The third-order valence-electron chi connectivity index (χ3n) is 9.87. The molecule has 0 aliphatic heterocycles. The second-order valence-corrected chi connectivity index (χ2v) is 14.6. The van der Waals surface area contributed by atoms with Crippen LogP contribution in [0.15, 0.2) is 114 Å². The van der Waals surface area contributed by atoms with Crippen LogP contribution >= 0.6 is 0 Å². The highest BCUT2D eigenvalue weighted by molar-refractivity contribution is 5.95. The maximum absolute atomic E-state index is 13.9. The van der Waals surface area contributed by atoms with E-state index in [1.54, 1.807) is 48.5 Å². The third kappa shape index (κ3) is 15.6. The molecule has 4 aromatic carbocycles. The number of amides is 5. The van der Waals surface area contributed by atoms with Crippen molar-refractivity contribution in [2.45, 2.75) is 75.5 Å². The van der Waals surface area contributed by atoms with Gasteiger partial charge in [-0.15, -0.1) is 0 Å². The van der Waals surface area contributed by atoms with Crippen LogP contribution in [0.25, 0.3) is 11.1 Å². The molecule has 0 spiro atoms. The van der Waals surface area contributed by atoms with E-state index in [1.807, 2.05) is 24.3 Å². The second-order valence-electron chi connectivity index (χ2n) is 14.6. The molecule has 60 heavy (non-hydrogen) atoms. The van der Waals surface area contributed by atoms with Crippen molar-refractivity contribution in [3.8, 4) is 11.1 Å². The first-order valence-electron chi connectivity index (χ1n) is 20.2. The van der Waals surface area contributed by atoms with Gasteiger partial charge in [-0.05, 0) is 91.4 Å². The molecular weight excluding hydrogens is 761 g/mol. The highest BCUT2D eigenvalue weighted by atomic mass is 16.2. The van der Waals surface area contributed by atoms with Crippen LogP contribution in [0, 0.1) is 0 Å². The Balaban J connectivity index is 1.36. The molecule has 0 bridgehead atoms. The molecule has 14 N–H and O–H groups in total. The van der Waals surface area contributed by atoms with Gasteiger partial charge >= 0.3 is 0 Å². The van der Waals surface area contributed by atoms with E-state index in [-0.39, 0.29) is 44.1 Å². The number of rotatable bonds is 24. The van der Waals surface area contributed by atoms with Crippen molar-refractivity contribution < 1.29 is 24.0 Å². The number of carbonyl (C=O) groups excluding carboxylic acids is 5. The average molecular weight is 819 g/mol. The maximum Gasteiger partial charge on any atom is 0.251 e. The first-order chi connectivity index (χ1) is 28.9. The number of nitrogens with zero attached hydrogens (tertiary/aromatic N) is 1. The SMILES string of the molecule is NCCCC[C@H](NC(=O)[C@H](Cc1ccccc1)NC(=O)[C@@H](CCCN=C(N)N)NC(=O)[C@@H](N)Cc1ccc(C(=O)NCCc2ccc(-c3ccccc3)cc2)cc1)C(N)=O. The summed E-state index contributed by atoms with van der Waals surface area (Å²) in [4.78, 5) is 70.0. The molecule has 0 aromatic heterocycles. The lowest BCUT2D eigenvalue weighted by atomic mass is 10.0. The molecule has 15 heteroatoms. The second kappa shape index (κ2) is 24.4. The number of hydrogen-bond donors (Lipinski definition) is 9. The molecule has 5 amide bonds. The van der Waals surface area contributed by atoms with Crippen LogP contribution in [-0.2, 0) is 38.4 Å². The van der Waals surface area contributed by atoms with Gasteiger partial charge in [-0.2, -0.15) is 0 Å². The van der Waals surface area contributed by atoms with Crippen LogP contribution in [0.1, 0.15) is 59.2 Å². The Morgan fingerprint density at radius 1 is 0.567 bits per heavy atom. The topological polar surface area (TPSA) is 276 Å². The summed E-state index contributed by atoms with van der Waals surface area (Å²) < 4.78 is 0. The number of unbranched alkanes of at least 4 members (excludes halogenated alkanes) is 1. The number of benzene rings is 4. The molecule has 0 aliphatic rings. The number of nitrogens with two attached hydrogens (primary N) is 5. The zero-order chi connectivity index (χ0) is 43.3. The van der Waals surface area contributed by atoms with Crippen LogP contribution in [0.2, 0.25) is 0 Å². The van der Waals surface area contributed by atoms with Crippen molar-refractivity contribution in [2.75, 3.05) is 19.6 Å². The van der Waals surface area contributed by atoms with Gasteiger partial charge in [0.2, 0.25) is 23.6 Å². The fourth-order valence-corrected chi connectivity index (χ4v) is 6.49. The van der Waals surface area contributed by atoms with E-state index in [4.69, 9.17) is 28.7 Å². The molecule has 0 unspecified atom stereocenters. The van der Waals surface area contributed by atoms with E-state index in [0.29, 0.717) is 49.9 Å². The Hall–Kier alpha value is -6.58. The lowest BCUT2D eigenvalue weighted by Crippen LogP contribution is -2.58. The molecule has 4 aromatic rings. The van der Waals surface area contributed by atoms with Crippen LogP contribution in [0.4, 0.5) is 0 Å². The summed E-state index contributed by atoms with van der Waals surface area (Å²) in [7, 11) is 0. The van der Waals surface area contributed by atoms with E-state index in [9.17, 15) is 24.0 Å². The van der Waals surface area contributed by atoms with Crippen molar-refractivity contribution in [2.24, 2.45) is 33.7 Å². The summed E-state index contributed by atoms with van der Waals surface area (Å²) in [5.41, 5.74) is 33.8. The summed E-state index contributed by atoms with van der Waals surface area (Å²) in [6, 6.07) is 29.9. The summed E-state index contributed by atoms with van der Waals surface area (Å²) in [6.45, 7) is 1.06. The van der Waals surface area contributed by atoms with Gasteiger partial charge in [0.25, 0.3) is 5.91 Å². The Bertz CT molecular complexity index is 2010. The van der Waals surface area contributed by atoms with Crippen molar-refractivity contribution >= 4 is 35.5 Å². The Kier molecular flexibility index (Phi) is 18.7. The number of primary amides is 1. The first-order valence-corrected chi connectivity index (χ1v) is 20.2. The summed E-state index contributed by atoms with van der Waals surface area (Å²) in [5, 5.41) is 11.1. The van der Waals surface area contributed by atoms with Gasteiger partial charge in [-0.1, -0.05) is 97.1 Å². The maximum atomic E-state index is 13.9. The fourth-order valence-electron chi connectivity index (χ4n) is 6.49. The van der Waals surface area contributed by atoms with Gasteiger partial charge in [0.15, 0.2) is 5.96 Å². The van der Waals surface area contributed by atoms with Crippen molar-refractivity contribution in [3.63, 3.8) is 0 Å². The fraction of sp³-hybridized carbons (Fsp3) is 0.333. The molecule has 0 fully saturated rings. The molecule has 4 rings (SSSR count). The van der Waals surface area contributed by atoms with Gasteiger partial charge in [-0.25, -0.2) is 0 Å². The van der Waals surface area contributed by atoms with Crippen LogP contribution in [0.5, 0.6) is 0 Å². The zero-order valence-corrected chi connectivity index (χ0v) is 33.9. The number of nitrogens with one attached hydrogen (secondary N) is 4. The van der Waals surface area contributed by atoms with E-state index in [2.05, 4.69) is 62.7 Å². The predicted octanol–water partition coefficient (Wildman–Crippen LogP) is 1.56. The van der Waals surface area contributed by atoms with Crippen LogP contribution in [0.3, 0.4) is 0 Å². The van der Waals surface area contributed by atoms with Crippen molar-refractivity contribution in [3.05, 3.63) is 131 Å². The number of carbonyl (C=O) groups is 5. The van der Waals surface area contributed by atoms with Gasteiger partial charge < -0.3 is 49.9 Å². The van der Waals surface area contributed by atoms with E-state index < -0.39 is 47.8 Å². The van der Waals surface area contributed by atoms with Crippen molar-refractivity contribution in [1.29, 1.82) is 0 Å². The zero-order valence-electron chi connectivity index (χ0n) is 33.9. The third-order valence-corrected chi connectivity index (χ3v) is 9.87. The van der Waals surface area contributed by atoms with E-state index >= 15 is 0 Å². The standard InChI is InChI=1S/C45H58N10O5/c46-25-8-7-14-37(40(48)56)53-44(60)39(29-31-10-3-1-4-11-31)55-43(59)38(15-9-26-52-45(49)50)54-42(58)36(47)28-32-18-22-35(23-19-32)41(57)51-27-24-30-16-20-34(21-17-30)33-12-5-2-6-13-33/h1-6,10-13,16-23,36-39H,7-9,14-15,24-29,46-47H2,(H2,48,56)(H,51,57)(H,53,60)(H,54,58)(H,55,59)(H4,49,50,52)/t36-,37-,38+,39-/m0/s1. The largest absolute Gasteiger partial charge is 0.370 e. The minimum atomic E-state index is -1.12. The summed E-state index contributed by atoms with van der Waals surface area (Å²) >= 11 is 0. The highest BCUT2D eigenvalue weighted by Crippen LogP contribution is 2.19. The minimum Gasteiger partial charge on any atom is -0.370 e. The molecule has 4 atom stereocenters. The molecule has 0 saturated carbocycles. The summed E-state index contributed by atoms with van der Waals surface area (Å²) in [6.07, 6.45) is 2.81. The summed E-state index contributed by atoms with van der Waals surface area (Å²) in [5.74, 6) is -2.92. The number of guanidine groups is 1. The van der Waals surface area contributed by atoms with Gasteiger partial charge in [0.05, 0.1) is 6.04 Å². The molecule has 15 nitrogen and oxygen atoms in total. The van der Waals surface area contributed by atoms with E-state index in [1.165, 1.54) is 0 Å². The lowest BCUT2D eigenvalue weighted by molar-refractivity contribution is -0.133. The van der Waals surface area contributed by atoms with E-state index in [0.717, 1.165) is 22.3 Å². The smallest absolute Gasteiger partial charge is 0.251 e. The first kappa shape index (κ1) is 46.1. The number of hydrogen-bond acceptors (Lipinski definition) is 8. The molecule has 318 valence electrons. The lowest BCUT2D eigenvalue weighted by Gasteiger charge is -2.25. The number of aliphatic imine (C=N–C) groups is 1. The monoisotopic (exact) mass is 818 g/mol.